The predicted octanol–water partition coefficient (Wildman–Crippen LogP) is 2.94. The third kappa shape index (κ3) is 3.06. The van der Waals surface area contributed by atoms with Gasteiger partial charge in [-0.2, -0.15) is 5.10 Å². The lowest BCUT2D eigenvalue weighted by atomic mass is 9.98. The Balaban J connectivity index is 1.72. The molecule has 2 atom stereocenters. The molecule has 1 aromatic rings. The van der Waals surface area contributed by atoms with Gasteiger partial charge in [0.25, 0.3) is 0 Å². The summed E-state index contributed by atoms with van der Waals surface area (Å²) in [7, 11) is 2.28. The van der Waals surface area contributed by atoms with Gasteiger partial charge >= 0.3 is 0 Å². The number of halogens is 1. The molecule has 1 aromatic heterocycles. The monoisotopic (exact) mass is 354 g/mol. The molecule has 0 amide bonds. The number of hydrogen-bond acceptors (Lipinski definition) is 3. The average molecular weight is 355 g/mol. The fourth-order valence-corrected chi connectivity index (χ4v) is 4.61. The van der Waals surface area contributed by atoms with Gasteiger partial charge in [-0.15, -0.1) is 0 Å². The quantitative estimate of drug-likeness (QED) is 0.882. The Hall–Kier alpha value is -0.390. The summed E-state index contributed by atoms with van der Waals surface area (Å²) in [6.07, 6.45) is 6.32. The zero-order chi connectivity index (χ0) is 15.0. The van der Waals surface area contributed by atoms with Crippen LogP contribution in [0.5, 0.6) is 0 Å². The van der Waals surface area contributed by atoms with Crippen LogP contribution >= 0.6 is 15.9 Å². The van der Waals surface area contributed by atoms with Crippen LogP contribution < -0.4 is 5.32 Å². The predicted molar refractivity (Wildman–Crippen MR) is 89.4 cm³/mol. The van der Waals surface area contributed by atoms with Crippen molar-refractivity contribution in [2.24, 2.45) is 0 Å². The van der Waals surface area contributed by atoms with Crippen LogP contribution in [0, 0.1) is 0 Å². The van der Waals surface area contributed by atoms with Gasteiger partial charge in [0, 0.05) is 31.2 Å². The second-order valence-electron chi connectivity index (χ2n) is 6.55. The summed E-state index contributed by atoms with van der Waals surface area (Å²) < 4.78 is 3.38. The molecule has 21 heavy (non-hydrogen) atoms. The highest BCUT2D eigenvalue weighted by molar-refractivity contribution is 9.10. The van der Waals surface area contributed by atoms with E-state index >= 15 is 0 Å². The first kappa shape index (κ1) is 15.5. The summed E-state index contributed by atoms with van der Waals surface area (Å²) in [4.78, 5) is 2.54. The van der Waals surface area contributed by atoms with E-state index in [0.29, 0.717) is 6.04 Å². The fraction of sp³-hybridized carbons (Fsp3) is 0.812. The van der Waals surface area contributed by atoms with Gasteiger partial charge in [0.05, 0.1) is 15.9 Å². The Morgan fingerprint density at radius 1 is 1.29 bits per heavy atom. The average Bonchev–Trinajstić information content (AvgIpc) is 2.99. The molecule has 1 N–H and O–H groups in total. The van der Waals surface area contributed by atoms with Crippen molar-refractivity contribution >= 4 is 15.9 Å². The molecule has 2 aliphatic heterocycles. The SMILES string of the molecule is CCc1nn(CC)c(CN(C)C2CC3CCC(C2)N3)c1Br. The van der Waals surface area contributed by atoms with Gasteiger partial charge in [0.1, 0.15) is 0 Å². The zero-order valence-corrected chi connectivity index (χ0v) is 15.0. The lowest BCUT2D eigenvalue weighted by Crippen LogP contribution is -2.46. The Kier molecular flexibility index (Phi) is 4.71. The second kappa shape index (κ2) is 6.39. The molecule has 2 bridgehead atoms. The van der Waals surface area contributed by atoms with Crippen molar-refractivity contribution in [3.8, 4) is 0 Å². The summed E-state index contributed by atoms with van der Waals surface area (Å²) in [6.45, 7) is 6.28. The van der Waals surface area contributed by atoms with Crippen molar-refractivity contribution in [1.29, 1.82) is 0 Å². The Morgan fingerprint density at radius 3 is 2.52 bits per heavy atom. The maximum absolute atomic E-state index is 4.72. The minimum absolute atomic E-state index is 0.709. The van der Waals surface area contributed by atoms with E-state index in [9.17, 15) is 0 Å². The Morgan fingerprint density at radius 2 is 1.95 bits per heavy atom. The summed E-state index contributed by atoms with van der Waals surface area (Å²) in [6, 6.07) is 2.21. The van der Waals surface area contributed by atoms with Crippen molar-refractivity contribution < 1.29 is 0 Å². The molecule has 0 aliphatic carbocycles. The summed E-state index contributed by atoms with van der Waals surface area (Å²) in [5.74, 6) is 0. The number of aryl methyl sites for hydroxylation is 2. The molecule has 5 heteroatoms. The molecular weight excluding hydrogens is 328 g/mol. The van der Waals surface area contributed by atoms with E-state index in [4.69, 9.17) is 5.10 Å². The fourth-order valence-electron chi connectivity index (χ4n) is 3.92. The first-order valence-corrected chi connectivity index (χ1v) is 9.12. The molecule has 3 heterocycles. The highest BCUT2D eigenvalue weighted by Gasteiger charge is 2.35. The summed E-state index contributed by atoms with van der Waals surface area (Å²) in [5.41, 5.74) is 2.52. The molecule has 3 rings (SSSR count). The van der Waals surface area contributed by atoms with E-state index in [1.807, 2.05) is 0 Å². The van der Waals surface area contributed by atoms with Gasteiger partial charge in [-0.25, -0.2) is 0 Å². The van der Waals surface area contributed by atoms with Crippen molar-refractivity contribution in [1.82, 2.24) is 20.0 Å². The number of aromatic nitrogens is 2. The zero-order valence-electron chi connectivity index (χ0n) is 13.4. The molecule has 0 radical (unpaired) electrons. The van der Waals surface area contributed by atoms with Crippen LogP contribution in [-0.4, -0.2) is 39.9 Å². The molecular formula is C16H27BrN4. The van der Waals surface area contributed by atoms with Crippen molar-refractivity contribution in [2.45, 2.75) is 77.2 Å². The van der Waals surface area contributed by atoms with Crippen LogP contribution in [0.3, 0.4) is 0 Å². The second-order valence-corrected chi connectivity index (χ2v) is 7.35. The number of hydrogen-bond donors (Lipinski definition) is 1. The highest BCUT2D eigenvalue weighted by Crippen LogP contribution is 2.31. The van der Waals surface area contributed by atoms with Crippen LogP contribution in [-0.2, 0) is 19.5 Å². The lowest BCUT2D eigenvalue weighted by Gasteiger charge is -2.35. The molecule has 0 aromatic carbocycles. The van der Waals surface area contributed by atoms with E-state index in [1.165, 1.54) is 41.5 Å². The van der Waals surface area contributed by atoms with Crippen LogP contribution in [0.1, 0.15) is 50.9 Å². The molecule has 4 nitrogen and oxygen atoms in total. The normalized spacial score (nSPS) is 28.5. The van der Waals surface area contributed by atoms with E-state index in [0.717, 1.165) is 31.6 Å². The maximum atomic E-state index is 4.72. The Labute approximate surface area is 136 Å². The number of nitrogens with one attached hydrogen (secondary N) is 1. The van der Waals surface area contributed by atoms with Gasteiger partial charge < -0.3 is 5.32 Å². The molecule has 2 fully saturated rings. The van der Waals surface area contributed by atoms with Crippen molar-refractivity contribution in [3.63, 3.8) is 0 Å². The molecule has 2 saturated heterocycles. The van der Waals surface area contributed by atoms with Crippen LogP contribution in [0.25, 0.3) is 0 Å². The van der Waals surface area contributed by atoms with Crippen molar-refractivity contribution in [3.05, 3.63) is 15.9 Å². The number of nitrogens with zero attached hydrogens (tertiary/aromatic N) is 3. The standard InChI is InChI=1S/C16H27BrN4/c1-4-14-16(17)15(21(5-2)19-14)10-20(3)13-8-11-6-7-12(9-13)18-11/h11-13,18H,4-10H2,1-3H3. The number of rotatable bonds is 5. The van der Waals surface area contributed by atoms with Crippen LogP contribution in [0.4, 0.5) is 0 Å². The van der Waals surface area contributed by atoms with Gasteiger partial charge in [0.15, 0.2) is 0 Å². The van der Waals surface area contributed by atoms with E-state index in [1.54, 1.807) is 0 Å². The van der Waals surface area contributed by atoms with Crippen molar-refractivity contribution in [2.75, 3.05) is 7.05 Å². The molecule has 0 saturated carbocycles. The van der Waals surface area contributed by atoms with Gasteiger partial charge in [0.2, 0.25) is 0 Å². The van der Waals surface area contributed by atoms with E-state index < -0.39 is 0 Å². The van der Waals surface area contributed by atoms with E-state index in [2.05, 4.69) is 51.7 Å². The minimum atomic E-state index is 0.709. The number of piperidine rings is 1. The lowest BCUT2D eigenvalue weighted by molar-refractivity contribution is 0.162. The maximum Gasteiger partial charge on any atom is 0.0767 e. The van der Waals surface area contributed by atoms with Gasteiger partial charge in [-0.1, -0.05) is 6.92 Å². The van der Waals surface area contributed by atoms with Crippen LogP contribution in [0.15, 0.2) is 4.47 Å². The topological polar surface area (TPSA) is 33.1 Å². The summed E-state index contributed by atoms with van der Waals surface area (Å²) in [5, 5.41) is 8.45. The summed E-state index contributed by atoms with van der Waals surface area (Å²) >= 11 is 3.77. The Bertz CT molecular complexity index is 487. The van der Waals surface area contributed by atoms with E-state index in [-0.39, 0.29) is 0 Å². The highest BCUT2D eigenvalue weighted by atomic mass is 79.9. The molecule has 0 spiro atoms. The minimum Gasteiger partial charge on any atom is -0.311 e. The molecule has 118 valence electrons. The first-order chi connectivity index (χ1) is 10.1. The third-order valence-electron chi connectivity index (χ3n) is 5.16. The largest absolute Gasteiger partial charge is 0.311 e. The van der Waals surface area contributed by atoms with Gasteiger partial charge in [-0.05, 0) is 62.0 Å². The van der Waals surface area contributed by atoms with Gasteiger partial charge in [-0.3, -0.25) is 9.58 Å². The number of fused-ring (bicyclic) bond motifs is 2. The molecule has 2 unspecified atom stereocenters. The first-order valence-electron chi connectivity index (χ1n) is 8.32. The third-order valence-corrected chi connectivity index (χ3v) is 6.08. The smallest absolute Gasteiger partial charge is 0.0767 e. The van der Waals surface area contributed by atoms with Crippen LogP contribution in [0.2, 0.25) is 0 Å². The molecule has 2 aliphatic rings.